The second-order valence-corrected chi connectivity index (χ2v) is 1.61. The number of amidine groups is 1. The first-order valence-electron chi connectivity index (χ1n) is 2.98. The van der Waals surface area contributed by atoms with Crippen molar-refractivity contribution in [3.05, 3.63) is 12.5 Å². The Bertz CT molecular complexity index is 143. The summed E-state index contributed by atoms with van der Waals surface area (Å²) in [5, 5.41) is 7.57. The van der Waals surface area contributed by atoms with E-state index in [4.69, 9.17) is 5.11 Å². The quantitative estimate of drug-likeness (QED) is 0.556. The molecule has 11 heavy (non-hydrogen) atoms. The van der Waals surface area contributed by atoms with E-state index in [-0.39, 0.29) is 14.0 Å². The van der Waals surface area contributed by atoms with Crippen molar-refractivity contribution in [1.29, 1.82) is 0 Å². The molecule has 0 aromatic carbocycles. The minimum Gasteiger partial charge on any atom is -0.397 e. The van der Waals surface area contributed by atoms with Crippen molar-refractivity contribution >= 4 is 5.84 Å². The van der Waals surface area contributed by atoms with Gasteiger partial charge >= 0.3 is 0 Å². The fraction of sp³-hybridized carbons (Fsp3) is 0.571. The van der Waals surface area contributed by atoms with Gasteiger partial charge < -0.3 is 9.94 Å². The van der Waals surface area contributed by atoms with Gasteiger partial charge in [0.15, 0.2) is 0 Å². The predicted molar refractivity (Wildman–Crippen MR) is 46.0 cm³/mol. The fourth-order valence-corrected chi connectivity index (χ4v) is 0.365. The van der Waals surface area contributed by atoms with Crippen LogP contribution in [0.5, 0.6) is 0 Å². The lowest BCUT2D eigenvalue weighted by Crippen LogP contribution is -2.11. The van der Waals surface area contributed by atoms with Gasteiger partial charge in [-0.15, -0.1) is 0 Å². The molecule has 0 saturated heterocycles. The Balaban J connectivity index is 0. The number of hydrogen-bond acceptors (Lipinski definition) is 4. The van der Waals surface area contributed by atoms with Gasteiger partial charge in [-0.1, -0.05) is 7.43 Å². The number of hydroxylamine groups is 1. The van der Waals surface area contributed by atoms with E-state index in [0.29, 0.717) is 5.88 Å². The van der Waals surface area contributed by atoms with Gasteiger partial charge in [-0.3, -0.25) is 0 Å². The van der Waals surface area contributed by atoms with Crippen LogP contribution in [0.15, 0.2) is 17.5 Å². The summed E-state index contributed by atoms with van der Waals surface area (Å²) in [5.41, 5.74) is 2.52. The molecule has 0 radical (unpaired) electrons. The predicted octanol–water partition coefficient (Wildman–Crippen LogP) is 1.05. The number of nitrogens with zero attached hydrogens (tertiary/aromatic N) is 1. The average molecular weight is 160 g/mol. The van der Waals surface area contributed by atoms with Gasteiger partial charge in [0.2, 0.25) is 5.88 Å². The van der Waals surface area contributed by atoms with Gasteiger partial charge in [0.1, 0.15) is 5.84 Å². The van der Waals surface area contributed by atoms with Crippen molar-refractivity contribution in [2.75, 3.05) is 6.61 Å². The van der Waals surface area contributed by atoms with Gasteiger partial charge in [0.05, 0.1) is 0 Å². The van der Waals surface area contributed by atoms with Crippen molar-refractivity contribution in [2.45, 2.75) is 21.3 Å². The Hall–Kier alpha value is -1.03. The van der Waals surface area contributed by atoms with Crippen molar-refractivity contribution in [3.63, 3.8) is 0 Å². The third-order valence-electron chi connectivity index (χ3n) is 0.609. The number of aliphatic hydroxyl groups is 1. The molecule has 0 aromatic rings. The highest BCUT2D eigenvalue weighted by Gasteiger charge is 2.01. The first-order valence-corrected chi connectivity index (χ1v) is 2.98. The molecule has 2 N–H and O–H groups in total. The maximum absolute atomic E-state index is 7.57. The lowest BCUT2D eigenvalue weighted by atomic mass is 10.7. The molecule has 1 rings (SSSR count). The summed E-state index contributed by atoms with van der Waals surface area (Å²) in [4.78, 5) is 8.39. The van der Waals surface area contributed by atoms with Gasteiger partial charge in [0, 0.05) is 6.61 Å². The van der Waals surface area contributed by atoms with Crippen LogP contribution < -0.4 is 5.48 Å². The topological polar surface area (TPSA) is 53.9 Å². The number of aliphatic hydroxyl groups excluding tert-OH is 1. The van der Waals surface area contributed by atoms with Gasteiger partial charge in [-0.25, -0.2) is 5.48 Å². The molecule has 4 heteroatoms. The molecular formula is C7H16N2O2. The molecule has 0 fully saturated rings. The number of nitrogens with one attached hydrogen (secondary N) is 1. The van der Waals surface area contributed by atoms with Crippen LogP contribution in [-0.2, 0) is 4.84 Å². The van der Waals surface area contributed by atoms with Crippen molar-refractivity contribution in [1.82, 2.24) is 5.48 Å². The third kappa shape index (κ3) is 6.86. The highest BCUT2D eigenvalue weighted by Crippen LogP contribution is 1.98. The lowest BCUT2D eigenvalue weighted by Gasteiger charge is -1.89. The van der Waals surface area contributed by atoms with Crippen molar-refractivity contribution < 1.29 is 9.94 Å². The van der Waals surface area contributed by atoms with Crippen molar-refractivity contribution in [2.24, 2.45) is 4.99 Å². The molecule has 0 saturated carbocycles. The molecule has 0 aliphatic carbocycles. The van der Waals surface area contributed by atoms with Crippen LogP contribution in [0.4, 0.5) is 0 Å². The summed E-state index contributed by atoms with van der Waals surface area (Å²) in [7, 11) is 0. The number of aliphatic imine (C=N–C) groups is 1. The molecule has 1 heterocycles. The Labute approximate surface area is 67.6 Å². The van der Waals surface area contributed by atoms with E-state index in [1.807, 2.05) is 0 Å². The molecule has 0 amide bonds. The van der Waals surface area contributed by atoms with E-state index >= 15 is 0 Å². The minimum absolute atomic E-state index is 0. The third-order valence-corrected chi connectivity index (χ3v) is 0.609. The molecule has 0 spiro atoms. The second kappa shape index (κ2) is 7.08. The summed E-state index contributed by atoms with van der Waals surface area (Å²) < 4.78 is 0. The van der Waals surface area contributed by atoms with Crippen LogP contribution in [-0.4, -0.2) is 17.5 Å². The molecule has 66 valence electrons. The van der Waals surface area contributed by atoms with Gasteiger partial charge in [0.25, 0.3) is 0 Å². The fourth-order valence-electron chi connectivity index (χ4n) is 0.365. The summed E-state index contributed by atoms with van der Waals surface area (Å²) in [6.45, 7) is 7.17. The Morgan fingerprint density at radius 2 is 2.18 bits per heavy atom. The molecule has 0 unspecified atom stereocenters. The molecule has 1 aliphatic rings. The molecule has 4 nitrogen and oxygen atoms in total. The molecule has 0 atom stereocenters. The zero-order valence-corrected chi connectivity index (χ0v) is 6.22. The molecule has 0 aromatic heterocycles. The minimum atomic E-state index is 0. The molecule has 1 aliphatic heterocycles. The van der Waals surface area contributed by atoms with E-state index in [2.05, 4.69) is 21.9 Å². The highest BCUT2D eigenvalue weighted by molar-refractivity contribution is 5.80. The first-order chi connectivity index (χ1) is 4.70. The average Bonchev–Trinajstić information content (AvgIpc) is 2.17. The smallest absolute Gasteiger partial charge is 0.240 e. The van der Waals surface area contributed by atoms with Crippen LogP contribution in [0.25, 0.3) is 0 Å². The van der Waals surface area contributed by atoms with Crippen LogP contribution in [0.1, 0.15) is 21.3 Å². The van der Waals surface area contributed by atoms with E-state index in [1.165, 1.54) is 0 Å². The zero-order valence-electron chi connectivity index (χ0n) is 6.22. The standard InChI is InChI=1S/C4H6N2O.C2H6O.CH4/c1-3-5-4(2)7-6-3;1-2-3;/h2H2,1H3,(H,5,6);3H,2H2,1H3;1H4. The Kier molecular flexibility index (Phi) is 8.13. The Morgan fingerprint density at radius 3 is 2.27 bits per heavy atom. The lowest BCUT2D eigenvalue weighted by molar-refractivity contribution is 0.178. The van der Waals surface area contributed by atoms with Gasteiger partial charge in [-0.05, 0) is 20.4 Å². The largest absolute Gasteiger partial charge is 0.397 e. The summed E-state index contributed by atoms with van der Waals surface area (Å²) in [5.74, 6) is 1.18. The maximum atomic E-state index is 7.57. The second-order valence-electron chi connectivity index (χ2n) is 1.61. The van der Waals surface area contributed by atoms with Gasteiger partial charge in [-0.2, -0.15) is 4.99 Å². The zero-order chi connectivity index (χ0) is 7.98. The summed E-state index contributed by atoms with van der Waals surface area (Å²) in [6, 6.07) is 0. The molecular weight excluding hydrogens is 144 g/mol. The van der Waals surface area contributed by atoms with Crippen molar-refractivity contribution in [3.8, 4) is 0 Å². The summed E-state index contributed by atoms with van der Waals surface area (Å²) >= 11 is 0. The van der Waals surface area contributed by atoms with E-state index < -0.39 is 0 Å². The van der Waals surface area contributed by atoms with Crippen LogP contribution in [0.2, 0.25) is 0 Å². The highest BCUT2D eigenvalue weighted by atomic mass is 16.7. The van der Waals surface area contributed by atoms with E-state index in [9.17, 15) is 0 Å². The SMILES string of the molecule is C.C=C1N=C(C)NO1.CCO. The first kappa shape index (κ1) is 12.6. The number of rotatable bonds is 0. The van der Waals surface area contributed by atoms with Crippen LogP contribution >= 0.6 is 0 Å². The number of hydrogen-bond donors (Lipinski definition) is 2. The monoisotopic (exact) mass is 160 g/mol. The van der Waals surface area contributed by atoms with Crippen LogP contribution in [0, 0.1) is 0 Å². The normalized spacial score (nSPS) is 13.0. The Morgan fingerprint density at radius 1 is 1.73 bits per heavy atom. The maximum Gasteiger partial charge on any atom is 0.240 e. The van der Waals surface area contributed by atoms with E-state index in [1.54, 1.807) is 13.8 Å². The summed E-state index contributed by atoms with van der Waals surface area (Å²) in [6.07, 6.45) is 0. The molecule has 0 bridgehead atoms. The van der Waals surface area contributed by atoms with Crippen LogP contribution in [0.3, 0.4) is 0 Å². The van der Waals surface area contributed by atoms with E-state index in [0.717, 1.165) is 5.84 Å².